The minimum absolute atomic E-state index is 0. The van der Waals surface area contributed by atoms with Crippen LogP contribution in [-0.4, -0.2) is 28.4 Å². The van der Waals surface area contributed by atoms with Crippen molar-refractivity contribution in [2.45, 2.75) is 61.9 Å². The number of anilines is 2. The van der Waals surface area contributed by atoms with E-state index >= 15 is 0 Å². The maximum absolute atomic E-state index is 11.1. The minimum Gasteiger partial charge on any atom is -0.550 e. The van der Waals surface area contributed by atoms with Gasteiger partial charge in [0.05, 0.1) is 12.2 Å². The van der Waals surface area contributed by atoms with Crippen molar-refractivity contribution < 1.29 is 48.6 Å². The molecule has 3 heterocycles. The monoisotopic (exact) mass is 467 g/mol. The minimum atomic E-state index is -1.02. The third kappa shape index (κ3) is 4.54. The van der Waals surface area contributed by atoms with Crippen molar-refractivity contribution in [3.8, 4) is 11.1 Å². The van der Waals surface area contributed by atoms with Gasteiger partial charge in [-0.25, -0.2) is 0 Å². The van der Waals surface area contributed by atoms with Gasteiger partial charge in [-0.05, 0) is 67.3 Å². The van der Waals surface area contributed by atoms with E-state index in [9.17, 15) is 9.90 Å². The van der Waals surface area contributed by atoms with Gasteiger partial charge in [0.25, 0.3) is 0 Å². The Bertz CT molecular complexity index is 1150. The maximum Gasteiger partial charge on any atom is 1.00 e. The molecule has 2 aromatic carbocycles. The molecule has 170 valence electrons. The molecule has 0 atom stereocenters. The van der Waals surface area contributed by atoms with Crippen molar-refractivity contribution in [3.63, 3.8) is 0 Å². The number of aromatic nitrogens is 2. The maximum atomic E-state index is 11.1. The van der Waals surface area contributed by atoms with Crippen LogP contribution < -0.4 is 40.0 Å². The van der Waals surface area contributed by atoms with Crippen LogP contribution in [0.1, 0.15) is 62.3 Å². The van der Waals surface area contributed by atoms with Crippen LogP contribution in [0, 0.1) is 0 Å². The van der Waals surface area contributed by atoms with Crippen molar-refractivity contribution in [2.75, 3.05) is 11.9 Å². The molecule has 7 rings (SSSR count). The van der Waals surface area contributed by atoms with E-state index in [1.807, 2.05) is 12.1 Å². The molecule has 34 heavy (non-hydrogen) atoms. The molecule has 0 radical (unpaired) electrons. The van der Waals surface area contributed by atoms with Gasteiger partial charge in [0.2, 0.25) is 5.89 Å². The zero-order valence-electron chi connectivity index (χ0n) is 19.4. The smallest absolute Gasteiger partial charge is 0.550 e. The molecule has 4 aliphatic rings. The molecule has 4 fully saturated rings. The zero-order chi connectivity index (χ0) is 22.5. The third-order valence-electron chi connectivity index (χ3n) is 7.57. The van der Waals surface area contributed by atoms with Crippen LogP contribution in [0.25, 0.3) is 11.1 Å². The third-order valence-corrected chi connectivity index (χ3v) is 7.57. The molecule has 1 N–H and O–H groups in total. The van der Waals surface area contributed by atoms with Crippen molar-refractivity contribution in [1.29, 1.82) is 0 Å². The summed E-state index contributed by atoms with van der Waals surface area (Å²) in [4.78, 5) is 11.1. The van der Waals surface area contributed by atoms with Crippen LogP contribution in [0.15, 0.2) is 52.9 Å². The molecular weight excluding hydrogens is 441 g/mol. The first-order valence-electron chi connectivity index (χ1n) is 11.7. The summed E-state index contributed by atoms with van der Waals surface area (Å²) < 4.78 is 11.8. The van der Waals surface area contributed by atoms with Gasteiger partial charge in [0, 0.05) is 29.4 Å². The van der Waals surface area contributed by atoms with Gasteiger partial charge in [-0.1, -0.05) is 41.5 Å². The quantitative estimate of drug-likeness (QED) is 0.519. The fraction of sp³-hybridized carbons (Fsp3) is 0.423. The summed E-state index contributed by atoms with van der Waals surface area (Å²) in [7, 11) is 0. The number of nitrogens with one attached hydrogen (secondary N) is 1. The van der Waals surface area contributed by atoms with Gasteiger partial charge in [0.15, 0.2) is 0 Å². The Kier molecular flexibility index (Phi) is 6.31. The summed E-state index contributed by atoms with van der Waals surface area (Å²) in [5, 5.41) is 22.5. The average molecular weight is 468 g/mol. The molecule has 2 bridgehead atoms. The summed E-state index contributed by atoms with van der Waals surface area (Å²) in [6.07, 6.45) is 5.73. The fourth-order valence-corrected chi connectivity index (χ4v) is 5.29. The van der Waals surface area contributed by atoms with Crippen molar-refractivity contribution in [2.24, 2.45) is 0 Å². The normalized spacial score (nSPS) is 25.5. The van der Waals surface area contributed by atoms with Crippen LogP contribution in [-0.2, 0) is 14.9 Å². The van der Waals surface area contributed by atoms with Crippen LogP contribution >= 0.6 is 0 Å². The van der Waals surface area contributed by atoms with E-state index in [-0.39, 0.29) is 41.4 Å². The van der Waals surface area contributed by atoms with E-state index in [0.717, 1.165) is 61.2 Å². The summed E-state index contributed by atoms with van der Waals surface area (Å²) in [5.41, 5.74) is 3.93. The zero-order valence-corrected chi connectivity index (χ0v) is 21.4. The molecule has 0 unspecified atom stereocenters. The molecule has 7 nitrogen and oxygen atoms in total. The molecule has 2 aliphatic heterocycles. The van der Waals surface area contributed by atoms with Gasteiger partial charge in [-0.3, -0.25) is 0 Å². The van der Waals surface area contributed by atoms with Gasteiger partial charge in [0.1, 0.15) is 0 Å². The van der Waals surface area contributed by atoms with E-state index in [4.69, 9.17) is 9.15 Å². The van der Waals surface area contributed by atoms with E-state index in [1.165, 1.54) is 5.56 Å². The molecule has 0 spiro atoms. The van der Waals surface area contributed by atoms with E-state index in [1.54, 1.807) is 0 Å². The molecule has 2 saturated carbocycles. The number of carboxylic acids is 1. The van der Waals surface area contributed by atoms with Crippen LogP contribution in [0.2, 0.25) is 0 Å². The summed E-state index contributed by atoms with van der Waals surface area (Å²) in [6, 6.07) is 17.3. The Labute approximate surface area is 220 Å². The predicted molar refractivity (Wildman–Crippen MR) is 120 cm³/mol. The van der Waals surface area contributed by atoms with Crippen molar-refractivity contribution in [1.82, 2.24) is 10.2 Å². The molecule has 0 amide bonds. The number of fused-ring (bicyclic) bond motifs is 3. The number of rotatable bonds is 7. The second-order valence-electron chi connectivity index (χ2n) is 9.80. The van der Waals surface area contributed by atoms with Crippen LogP contribution in [0.5, 0.6) is 0 Å². The van der Waals surface area contributed by atoms with Crippen LogP contribution in [0.3, 0.4) is 0 Å². The Morgan fingerprint density at radius 3 is 2.18 bits per heavy atom. The molecule has 1 aromatic heterocycles. The Hall–Kier alpha value is -2.19. The summed E-state index contributed by atoms with van der Waals surface area (Å²) in [6.45, 7) is 0.581. The summed E-state index contributed by atoms with van der Waals surface area (Å²) >= 11 is 0. The number of ether oxygens (including phenoxy) is 1. The molecule has 8 heteroatoms. The molecule has 2 aliphatic carbocycles. The first-order chi connectivity index (χ1) is 16.0. The molecule has 2 saturated heterocycles. The van der Waals surface area contributed by atoms with Crippen molar-refractivity contribution >= 4 is 17.7 Å². The number of aliphatic carboxylic acids is 1. The Balaban J connectivity index is 0.00000241. The largest absolute Gasteiger partial charge is 1.00 e. The average Bonchev–Trinajstić information content (AvgIpc) is 3.59. The molecule has 3 aromatic rings. The number of benzene rings is 2. The van der Waals surface area contributed by atoms with E-state index < -0.39 is 11.6 Å². The second-order valence-corrected chi connectivity index (χ2v) is 9.80. The number of carbonyl (C=O) groups excluding carboxylic acids is 1. The predicted octanol–water partition coefficient (Wildman–Crippen LogP) is 1.08. The SMILES string of the molecule is O=C([O-])CC12CCC(c3ccc(-c4ccc(Nc5nnc(C6CC6)o5)cc4)cc3)(CC1)CO2.[Na+]. The number of hydrogen-bond acceptors (Lipinski definition) is 7. The topological polar surface area (TPSA) is 100 Å². The standard InChI is InChI=1S/C26H27N3O4.Na/c30-22(31)15-26-13-11-25(12-14-26,16-32-26)20-7-3-17(4-8-20)18-5-9-21(10-6-18)27-24-29-28-23(33-24)19-1-2-19;/h3-10,19H,1-2,11-16H2,(H,27,29)(H,30,31);/q;+1/p-1. The number of hydrogen-bond donors (Lipinski definition) is 1. The van der Waals surface area contributed by atoms with Gasteiger partial charge < -0.3 is 24.4 Å². The number of nitrogens with zero attached hydrogens (tertiary/aromatic N) is 2. The second kappa shape index (κ2) is 9.11. The van der Waals surface area contributed by atoms with E-state index in [2.05, 4.69) is 51.9 Å². The van der Waals surface area contributed by atoms with Crippen molar-refractivity contribution in [3.05, 3.63) is 60.0 Å². The van der Waals surface area contributed by atoms with Crippen LogP contribution in [0.4, 0.5) is 11.7 Å². The van der Waals surface area contributed by atoms with Gasteiger partial charge in [-0.2, -0.15) is 0 Å². The summed E-state index contributed by atoms with van der Waals surface area (Å²) in [5.74, 6) is 0.144. The van der Waals surface area contributed by atoms with Gasteiger partial charge in [-0.15, -0.1) is 5.10 Å². The van der Waals surface area contributed by atoms with Gasteiger partial charge >= 0.3 is 35.6 Å². The first kappa shape index (κ1) is 23.5. The number of carboxylic acid groups (broad SMARTS) is 1. The van der Waals surface area contributed by atoms with E-state index in [0.29, 0.717) is 18.5 Å². The fourth-order valence-electron chi connectivity index (χ4n) is 5.29. The Morgan fingerprint density at radius 2 is 1.62 bits per heavy atom. The Morgan fingerprint density at radius 1 is 0.971 bits per heavy atom. The molecular formula is C26H26N3NaO4. The first-order valence-corrected chi connectivity index (χ1v) is 11.7. The number of carbonyl (C=O) groups is 1.